The Kier molecular flexibility index (Phi) is 8.52. The molecule has 0 bridgehead atoms. The molecule has 0 heterocycles. The topological polar surface area (TPSA) is 35.5 Å². The molecule has 0 saturated heterocycles. The van der Waals surface area contributed by atoms with E-state index < -0.39 is 0 Å². The molecular weight excluding hydrogens is 266 g/mol. The predicted octanol–water partition coefficient (Wildman–Crippen LogP) is 3.41. The minimum atomic E-state index is 0. The molecule has 1 atom stereocenters. The van der Waals surface area contributed by atoms with Crippen molar-refractivity contribution in [3.05, 3.63) is 22.8 Å². The molecule has 0 amide bonds. The Balaban J connectivity index is 0.00000361. The van der Waals surface area contributed by atoms with Crippen molar-refractivity contribution in [3.8, 4) is 11.5 Å². The second-order valence-corrected chi connectivity index (χ2v) is 6.27. The van der Waals surface area contributed by atoms with Crippen molar-refractivity contribution in [2.24, 2.45) is 5.92 Å². The van der Waals surface area contributed by atoms with Crippen molar-refractivity contribution in [2.45, 2.75) is 27.7 Å². The van der Waals surface area contributed by atoms with Gasteiger partial charge in [-0.15, -0.1) is 0 Å². The third-order valence-electron chi connectivity index (χ3n) is 2.91. The minimum absolute atomic E-state index is 0. The first-order valence-corrected chi connectivity index (χ1v) is 7.63. The van der Waals surface area contributed by atoms with Crippen molar-refractivity contribution < 1.29 is 14.3 Å². The Morgan fingerprint density at radius 2 is 1.60 bits per heavy atom. The van der Waals surface area contributed by atoms with Gasteiger partial charge in [0.25, 0.3) is 0 Å². The molecule has 0 N–H and O–H groups in total. The average molecular weight is 289 g/mol. The fraction of sp³-hybridized carbons (Fsp3) is 0.533. The summed E-state index contributed by atoms with van der Waals surface area (Å²) >= 11 is 0. The van der Waals surface area contributed by atoms with E-state index in [4.69, 9.17) is 9.47 Å². The number of benzene rings is 1. The fourth-order valence-electron chi connectivity index (χ4n) is 2.07. The van der Waals surface area contributed by atoms with Gasteiger partial charge in [0.1, 0.15) is 17.1 Å². The largest absolute Gasteiger partial charge is 0.496 e. The van der Waals surface area contributed by atoms with E-state index in [1.165, 1.54) is 0 Å². The summed E-state index contributed by atoms with van der Waals surface area (Å²) in [6, 6.07) is 1.99. The van der Waals surface area contributed by atoms with Gasteiger partial charge in [-0.25, -0.2) is 0 Å². The van der Waals surface area contributed by atoms with E-state index in [9.17, 15) is 4.79 Å². The first-order chi connectivity index (χ1) is 8.92. The van der Waals surface area contributed by atoms with E-state index in [0.29, 0.717) is 23.0 Å². The molecule has 107 valence electrons. The second-order valence-electron chi connectivity index (χ2n) is 5.06. The number of methoxy groups -OCH3 is 2. The summed E-state index contributed by atoms with van der Waals surface area (Å²) in [7, 11) is 3.45. The normalized spacial score (nSPS) is 10.8. The first-order valence-electron chi connectivity index (χ1n) is 6.42. The summed E-state index contributed by atoms with van der Waals surface area (Å²) in [6.07, 6.45) is 0.901. The number of carbonyl (C=O) groups excluding carboxylic acids is 1. The number of hydrogen-bond donors (Lipinski definition) is 0. The van der Waals surface area contributed by atoms with E-state index >= 15 is 0 Å². The van der Waals surface area contributed by atoms with Crippen molar-refractivity contribution in [2.75, 3.05) is 20.4 Å². The Morgan fingerprint density at radius 1 is 1.15 bits per heavy atom. The number of hydrogen-bond acceptors (Lipinski definition) is 3. The second kappa shape index (κ2) is 8.73. The van der Waals surface area contributed by atoms with Crippen LogP contribution in [0.15, 0.2) is 6.07 Å². The number of rotatable bonds is 6. The minimum Gasteiger partial charge on any atom is -0.496 e. The van der Waals surface area contributed by atoms with E-state index in [1.54, 1.807) is 14.2 Å². The van der Waals surface area contributed by atoms with Crippen molar-refractivity contribution in [3.63, 3.8) is 0 Å². The van der Waals surface area contributed by atoms with E-state index in [2.05, 4.69) is 13.8 Å². The van der Waals surface area contributed by atoms with E-state index in [0.717, 1.165) is 17.3 Å². The molecule has 0 aliphatic heterocycles. The summed E-state index contributed by atoms with van der Waals surface area (Å²) in [5.41, 5.74) is 2.66. The zero-order valence-corrected chi connectivity index (χ0v) is 14.6. The molecule has 1 aromatic carbocycles. The van der Waals surface area contributed by atoms with Crippen LogP contribution in [0.5, 0.6) is 11.5 Å². The molecule has 1 rings (SSSR count). The molecule has 3 nitrogen and oxygen atoms in total. The van der Waals surface area contributed by atoms with Gasteiger partial charge in [-0.1, -0.05) is 13.8 Å². The maximum atomic E-state index is 12.5. The van der Waals surface area contributed by atoms with Gasteiger partial charge in [-0.3, -0.25) is 4.79 Å². The van der Waals surface area contributed by atoms with Crippen LogP contribution in [0.3, 0.4) is 0 Å². The van der Waals surface area contributed by atoms with Crippen LogP contribution in [-0.2, 0) is 0 Å². The number of carbonyl (C=O) groups is 1. The quantitative estimate of drug-likeness (QED) is 0.594. The Bertz CT molecular complexity index is 444. The van der Waals surface area contributed by atoms with Crippen LogP contribution in [0, 0.1) is 19.8 Å². The summed E-state index contributed by atoms with van der Waals surface area (Å²) in [4.78, 5) is 12.5. The van der Waals surface area contributed by atoms with Crippen molar-refractivity contribution in [1.82, 2.24) is 0 Å². The van der Waals surface area contributed by atoms with Crippen LogP contribution < -0.4 is 9.47 Å². The summed E-state index contributed by atoms with van der Waals surface area (Å²) in [6.45, 7) is 8.15. The van der Waals surface area contributed by atoms with Crippen LogP contribution in [0.1, 0.15) is 35.3 Å². The smallest absolute Gasteiger partial charge is 0.188 e. The predicted molar refractivity (Wildman–Crippen MR) is 87.1 cm³/mol. The third-order valence-corrected chi connectivity index (χ3v) is 4.50. The Labute approximate surface area is 135 Å². The van der Waals surface area contributed by atoms with Gasteiger partial charge in [-0.05, 0) is 51.7 Å². The van der Waals surface area contributed by atoms with Crippen LogP contribution in [-0.4, -0.2) is 44.8 Å². The molecule has 0 aliphatic rings. The fourth-order valence-corrected chi connectivity index (χ4v) is 3.07. The van der Waals surface area contributed by atoms with Crippen molar-refractivity contribution in [1.29, 1.82) is 0 Å². The molecule has 1 unspecified atom stereocenters. The van der Waals surface area contributed by atoms with Crippen LogP contribution in [0.4, 0.5) is 0 Å². The summed E-state index contributed by atoms with van der Waals surface area (Å²) < 4.78 is 10.8. The molecule has 0 saturated carbocycles. The standard InChI is InChI=1S/C15H23O3P.Li/c1-9(2)8-19-15(16)12-13(17-5)10(3)7-11(4)14(12)18-6;/h7,9,19H,8H2,1-6H3;. The van der Waals surface area contributed by atoms with E-state index in [-0.39, 0.29) is 33.0 Å². The van der Waals surface area contributed by atoms with Gasteiger partial charge in [0.2, 0.25) is 0 Å². The average Bonchev–Trinajstić information content (AvgIpc) is 2.35. The van der Waals surface area contributed by atoms with Crippen molar-refractivity contribution >= 4 is 33.0 Å². The Hall–Kier alpha value is -0.483. The third kappa shape index (κ3) is 4.52. The Morgan fingerprint density at radius 3 is 1.95 bits per heavy atom. The first kappa shape index (κ1) is 19.5. The molecule has 0 aliphatic carbocycles. The molecule has 0 aromatic heterocycles. The monoisotopic (exact) mass is 289 g/mol. The molecule has 1 radical (unpaired) electrons. The number of ether oxygens (including phenoxy) is 2. The van der Waals surface area contributed by atoms with Crippen LogP contribution in [0.2, 0.25) is 0 Å². The molecule has 1 aromatic rings. The van der Waals surface area contributed by atoms with Gasteiger partial charge < -0.3 is 9.47 Å². The van der Waals surface area contributed by atoms with Gasteiger partial charge in [0.05, 0.1) is 14.2 Å². The molecule has 0 fully saturated rings. The van der Waals surface area contributed by atoms with Crippen LogP contribution >= 0.6 is 8.58 Å². The van der Waals surface area contributed by atoms with Gasteiger partial charge in [0, 0.05) is 18.9 Å². The molecule has 20 heavy (non-hydrogen) atoms. The summed E-state index contributed by atoms with van der Waals surface area (Å²) in [5, 5.41) is 0. The van der Waals surface area contributed by atoms with Gasteiger partial charge >= 0.3 is 0 Å². The SMILES string of the molecule is COc1c(C)cc(C)c(OC)c1C(=O)PCC(C)C.[Li]. The number of aryl methyl sites for hydroxylation is 2. The van der Waals surface area contributed by atoms with E-state index in [1.807, 2.05) is 19.9 Å². The van der Waals surface area contributed by atoms with Crippen LogP contribution in [0.25, 0.3) is 0 Å². The van der Waals surface area contributed by atoms with Gasteiger partial charge in [0.15, 0.2) is 5.52 Å². The zero-order valence-electron chi connectivity index (χ0n) is 13.6. The molecule has 5 heteroatoms. The molecular formula is C15H23LiO3P. The maximum absolute atomic E-state index is 12.5. The zero-order chi connectivity index (χ0) is 14.6. The summed E-state index contributed by atoms with van der Waals surface area (Å²) in [5.74, 6) is 1.80. The maximum Gasteiger partial charge on any atom is 0.188 e. The van der Waals surface area contributed by atoms with Gasteiger partial charge in [-0.2, -0.15) is 0 Å². The molecule has 0 spiro atoms.